The summed E-state index contributed by atoms with van der Waals surface area (Å²) in [4.78, 5) is 3.73. The zero-order valence-corrected chi connectivity index (χ0v) is 9.00. The number of rotatable bonds is 1. The third kappa shape index (κ3) is 1.93. The highest BCUT2D eigenvalue weighted by atomic mass is 19.1. The normalized spacial score (nSPS) is 16.4. The molecule has 0 aliphatic rings. The van der Waals surface area contributed by atoms with E-state index in [1.807, 2.05) is 20.8 Å². The molecule has 0 bridgehead atoms. The lowest BCUT2D eigenvalue weighted by molar-refractivity contribution is -0.0475. The number of aliphatic hydroxyl groups is 1. The predicted octanol–water partition coefficient (Wildman–Crippen LogP) is 2.47. The smallest absolute Gasteiger partial charge is 0.141 e. The Bertz CT molecular complexity index is 328. The van der Waals surface area contributed by atoms with E-state index in [2.05, 4.69) is 4.98 Å². The standard InChI is InChI=1S/C11H16FNO/c1-10(2,3)11(4,14)8-5-9(12)7-13-6-8/h5-7,14H,1-4H3. The molecule has 1 heterocycles. The highest BCUT2D eigenvalue weighted by Crippen LogP contribution is 2.38. The predicted molar refractivity (Wildman–Crippen MR) is 53.2 cm³/mol. The average molecular weight is 197 g/mol. The minimum absolute atomic E-state index is 0.359. The summed E-state index contributed by atoms with van der Waals surface area (Å²) in [6.45, 7) is 7.37. The second-order valence-electron chi connectivity index (χ2n) is 4.71. The summed E-state index contributed by atoms with van der Waals surface area (Å²) >= 11 is 0. The number of nitrogens with zero attached hydrogens (tertiary/aromatic N) is 1. The van der Waals surface area contributed by atoms with Crippen LogP contribution in [0.3, 0.4) is 0 Å². The fourth-order valence-electron chi connectivity index (χ4n) is 1.11. The Morgan fingerprint density at radius 2 is 1.79 bits per heavy atom. The largest absolute Gasteiger partial charge is 0.385 e. The molecule has 0 saturated carbocycles. The van der Waals surface area contributed by atoms with E-state index in [9.17, 15) is 9.50 Å². The molecule has 0 spiro atoms. The summed E-state index contributed by atoms with van der Waals surface area (Å²) in [5, 5.41) is 10.2. The SMILES string of the molecule is CC(C)(C)C(C)(O)c1cncc(F)c1. The van der Waals surface area contributed by atoms with Crippen LogP contribution in [0.25, 0.3) is 0 Å². The maximum Gasteiger partial charge on any atom is 0.141 e. The third-order valence-corrected chi connectivity index (χ3v) is 2.73. The molecule has 1 aromatic rings. The Labute approximate surface area is 83.8 Å². The van der Waals surface area contributed by atoms with Crippen LogP contribution in [0.2, 0.25) is 0 Å². The van der Waals surface area contributed by atoms with Gasteiger partial charge in [0, 0.05) is 11.8 Å². The number of aromatic nitrogens is 1. The highest BCUT2D eigenvalue weighted by molar-refractivity contribution is 5.20. The summed E-state index contributed by atoms with van der Waals surface area (Å²) in [6.07, 6.45) is 2.62. The van der Waals surface area contributed by atoms with Crippen LogP contribution in [0, 0.1) is 11.2 Å². The van der Waals surface area contributed by atoms with Crippen LogP contribution in [0.1, 0.15) is 33.3 Å². The quantitative estimate of drug-likeness (QED) is 0.750. The topological polar surface area (TPSA) is 33.1 Å². The van der Waals surface area contributed by atoms with Crippen molar-refractivity contribution in [2.75, 3.05) is 0 Å². The molecule has 0 aliphatic heterocycles. The van der Waals surface area contributed by atoms with E-state index in [4.69, 9.17) is 0 Å². The molecule has 0 aromatic carbocycles. The lowest BCUT2D eigenvalue weighted by atomic mass is 9.74. The molecule has 1 N–H and O–H groups in total. The van der Waals surface area contributed by atoms with Crippen molar-refractivity contribution in [3.63, 3.8) is 0 Å². The Morgan fingerprint density at radius 3 is 2.21 bits per heavy atom. The molecule has 0 saturated heterocycles. The maximum absolute atomic E-state index is 12.9. The van der Waals surface area contributed by atoms with Gasteiger partial charge in [-0.2, -0.15) is 0 Å². The lowest BCUT2D eigenvalue weighted by Crippen LogP contribution is -2.37. The fraction of sp³-hybridized carbons (Fsp3) is 0.545. The molecule has 2 nitrogen and oxygen atoms in total. The zero-order valence-electron chi connectivity index (χ0n) is 9.00. The van der Waals surface area contributed by atoms with E-state index in [0.717, 1.165) is 6.20 Å². The van der Waals surface area contributed by atoms with E-state index < -0.39 is 11.4 Å². The van der Waals surface area contributed by atoms with Crippen molar-refractivity contribution in [1.82, 2.24) is 4.98 Å². The van der Waals surface area contributed by atoms with Gasteiger partial charge in [-0.15, -0.1) is 0 Å². The lowest BCUT2D eigenvalue weighted by Gasteiger charge is -2.37. The first-order valence-corrected chi connectivity index (χ1v) is 4.58. The van der Waals surface area contributed by atoms with Crippen LogP contribution < -0.4 is 0 Å². The van der Waals surface area contributed by atoms with Gasteiger partial charge >= 0.3 is 0 Å². The van der Waals surface area contributed by atoms with Crippen molar-refractivity contribution >= 4 is 0 Å². The van der Waals surface area contributed by atoms with E-state index in [1.54, 1.807) is 6.92 Å². The minimum Gasteiger partial charge on any atom is -0.385 e. The van der Waals surface area contributed by atoms with Gasteiger partial charge in [-0.05, 0) is 18.4 Å². The average Bonchev–Trinajstić information content (AvgIpc) is 2.02. The van der Waals surface area contributed by atoms with Crippen molar-refractivity contribution in [2.45, 2.75) is 33.3 Å². The van der Waals surface area contributed by atoms with Crippen LogP contribution >= 0.6 is 0 Å². The molecule has 78 valence electrons. The van der Waals surface area contributed by atoms with Gasteiger partial charge in [0.1, 0.15) is 5.82 Å². The third-order valence-electron chi connectivity index (χ3n) is 2.73. The van der Waals surface area contributed by atoms with Crippen molar-refractivity contribution in [3.05, 3.63) is 29.8 Å². The van der Waals surface area contributed by atoms with Crippen molar-refractivity contribution < 1.29 is 9.50 Å². The fourth-order valence-corrected chi connectivity index (χ4v) is 1.11. The van der Waals surface area contributed by atoms with Gasteiger partial charge in [-0.1, -0.05) is 20.8 Å². The maximum atomic E-state index is 12.9. The summed E-state index contributed by atoms with van der Waals surface area (Å²) in [6, 6.07) is 1.32. The zero-order chi connectivity index (χ0) is 11.0. The number of halogens is 1. The van der Waals surface area contributed by atoms with E-state index in [1.165, 1.54) is 12.3 Å². The van der Waals surface area contributed by atoms with E-state index in [-0.39, 0.29) is 5.41 Å². The summed E-state index contributed by atoms with van der Waals surface area (Å²) in [5.41, 5.74) is -0.935. The first kappa shape index (κ1) is 11.1. The summed E-state index contributed by atoms with van der Waals surface area (Å²) in [5.74, 6) is -0.424. The molecular formula is C11H16FNO. The molecule has 1 aromatic heterocycles. The molecule has 1 unspecified atom stereocenters. The molecule has 0 fully saturated rings. The first-order chi connectivity index (χ1) is 6.25. The Kier molecular flexibility index (Phi) is 2.63. The molecule has 0 aliphatic carbocycles. The molecule has 0 amide bonds. The van der Waals surface area contributed by atoms with Gasteiger partial charge in [0.05, 0.1) is 11.8 Å². The van der Waals surface area contributed by atoms with Crippen molar-refractivity contribution in [3.8, 4) is 0 Å². The van der Waals surface area contributed by atoms with Gasteiger partial charge in [0.15, 0.2) is 0 Å². The van der Waals surface area contributed by atoms with Gasteiger partial charge < -0.3 is 5.11 Å². The van der Waals surface area contributed by atoms with E-state index in [0.29, 0.717) is 5.56 Å². The molecule has 14 heavy (non-hydrogen) atoms. The Hall–Kier alpha value is -0.960. The molecular weight excluding hydrogens is 181 g/mol. The van der Waals surface area contributed by atoms with Gasteiger partial charge in [0.25, 0.3) is 0 Å². The highest BCUT2D eigenvalue weighted by Gasteiger charge is 2.37. The molecule has 1 rings (SSSR count). The van der Waals surface area contributed by atoms with Crippen LogP contribution in [0.15, 0.2) is 18.5 Å². The second kappa shape index (κ2) is 3.31. The van der Waals surface area contributed by atoms with E-state index >= 15 is 0 Å². The summed E-state index contributed by atoms with van der Waals surface area (Å²) in [7, 11) is 0. The van der Waals surface area contributed by atoms with Crippen molar-refractivity contribution in [2.24, 2.45) is 5.41 Å². The monoisotopic (exact) mass is 197 g/mol. The minimum atomic E-state index is -1.08. The van der Waals surface area contributed by atoms with Crippen LogP contribution in [-0.2, 0) is 5.60 Å². The van der Waals surface area contributed by atoms with Crippen LogP contribution in [-0.4, -0.2) is 10.1 Å². The van der Waals surface area contributed by atoms with Crippen LogP contribution in [0.5, 0.6) is 0 Å². The number of pyridine rings is 1. The Balaban J connectivity index is 3.16. The first-order valence-electron chi connectivity index (χ1n) is 4.58. The number of hydrogen-bond donors (Lipinski definition) is 1. The van der Waals surface area contributed by atoms with Crippen LogP contribution in [0.4, 0.5) is 4.39 Å². The van der Waals surface area contributed by atoms with Gasteiger partial charge in [-0.25, -0.2) is 4.39 Å². The molecule has 0 radical (unpaired) electrons. The summed E-state index contributed by atoms with van der Waals surface area (Å²) < 4.78 is 12.9. The van der Waals surface area contributed by atoms with Gasteiger partial charge in [-0.3, -0.25) is 4.98 Å². The Morgan fingerprint density at radius 1 is 1.21 bits per heavy atom. The molecule has 1 atom stereocenters. The number of hydrogen-bond acceptors (Lipinski definition) is 2. The second-order valence-corrected chi connectivity index (χ2v) is 4.71. The van der Waals surface area contributed by atoms with Crippen molar-refractivity contribution in [1.29, 1.82) is 0 Å². The van der Waals surface area contributed by atoms with Gasteiger partial charge in [0.2, 0.25) is 0 Å². The molecule has 3 heteroatoms.